The highest BCUT2D eigenvalue weighted by atomic mass is 16.5. The third-order valence-corrected chi connectivity index (χ3v) is 3.56. The minimum absolute atomic E-state index is 0.312. The van der Waals surface area contributed by atoms with Crippen molar-refractivity contribution in [3.63, 3.8) is 0 Å². The average Bonchev–Trinajstić information content (AvgIpc) is 2.54. The monoisotopic (exact) mass is 284 g/mol. The van der Waals surface area contributed by atoms with Gasteiger partial charge in [-0.15, -0.1) is 0 Å². The smallest absolute Gasteiger partial charge is 0.145 e. The largest absolute Gasteiger partial charge is 0.455 e. The molecule has 112 valence electrons. The van der Waals surface area contributed by atoms with Crippen molar-refractivity contribution in [1.29, 1.82) is 0 Å². The number of aromatic nitrogens is 1. The van der Waals surface area contributed by atoms with Crippen LogP contribution in [0.1, 0.15) is 44.5 Å². The van der Waals surface area contributed by atoms with Crippen LogP contribution in [0.3, 0.4) is 0 Å². The molecule has 0 fully saturated rings. The van der Waals surface area contributed by atoms with E-state index in [-0.39, 0.29) is 0 Å². The number of nitrogens with one attached hydrogen (secondary N) is 1. The summed E-state index contributed by atoms with van der Waals surface area (Å²) in [5.41, 5.74) is 2.27. The Hall–Kier alpha value is -1.87. The molecule has 0 aliphatic rings. The molecule has 3 nitrogen and oxygen atoms in total. The Bertz CT molecular complexity index is 551. The van der Waals surface area contributed by atoms with Crippen molar-refractivity contribution < 1.29 is 4.74 Å². The van der Waals surface area contributed by atoms with Gasteiger partial charge in [0, 0.05) is 6.04 Å². The van der Waals surface area contributed by atoms with Crippen molar-refractivity contribution in [2.24, 2.45) is 0 Å². The first-order valence-corrected chi connectivity index (χ1v) is 7.73. The molecule has 2 aromatic rings. The highest BCUT2D eigenvalue weighted by Gasteiger charge is 2.09. The second-order valence-corrected chi connectivity index (χ2v) is 5.00. The van der Waals surface area contributed by atoms with Crippen molar-refractivity contribution in [3.05, 3.63) is 53.9 Å². The summed E-state index contributed by atoms with van der Waals surface area (Å²) in [6, 6.07) is 12.5. The van der Waals surface area contributed by atoms with Crippen LogP contribution >= 0.6 is 0 Å². The molecule has 1 aromatic heterocycles. The van der Waals surface area contributed by atoms with Crippen molar-refractivity contribution in [3.8, 4) is 11.5 Å². The van der Waals surface area contributed by atoms with Crippen LogP contribution in [0.2, 0.25) is 0 Å². The molecule has 3 heteroatoms. The van der Waals surface area contributed by atoms with Gasteiger partial charge in [-0.25, -0.2) is 0 Å². The summed E-state index contributed by atoms with van der Waals surface area (Å²) in [4.78, 5) is 4.53. The van der Waals surface area contributed by atoms with E-state index >= 15 is 0 Å². The lowest BCUT2D eigenvalue weighted by molar-refractivity contribution is 0.470. The Morgan fingerprint density at radius 3 is 2.52 bits per heavy atom. The maximum Gasteiger partial charge on any atom is 0.145 e. The zero-order valence-corrected chi connectivity index (χ0v) is 13.1. The molecule has 21 heavy (non-hydrogen) atoms. The average molecular weight is 284 g/mol. The number of pyridine rings is 1. The minimum Gasteiger partial charge on any atom is -0.455 e. The molecule has 1 atom stereocenters. The fourth-order valence-corrected chi connectivity index (χ4v) is 2.39. The minimum atomic E-state index is 0.312. The van der Waals surface area contributed by atoms with Gasteiger partial charge in [-0.1, -0.05) is 39.0 Å². The molecule has 0 radical (unpaired) electrons. The van der Waals surface area contributed by atoms with Gasteiger partial charge in [0.25, 0.3) is 0 Å². The molecular weight excluding hydrogens is 260 g/mol. The van der Waals surface area contributed by atoms with Crippen LogP contribution in [0, 0.1) is 0 Å². The lowest BCUT2D eigenvalue weighted by Crippen LogP contribution is -2.20. The maximum absolute atomic E-state index is 5.95. The third-order valence-electron chi connectivity index (χ3n) is 3.56. The summed E-state index contributed by atoms with van der Waals surface area (Å²) in [6.45, 7) is 7.35. The Kier molecular flexibility index (Phi) is 5.76. The van der Waals surface area contributed by atoms with E-state index in [2.05, 4.69) is 37.1 Å². The molecule has 0 amide bonds. The van der Waals surface area contributed by atoms with Crippen LogP contribution in [-0.4, -0.2) is 11.5 Å². The van der Waals surface area contributed by atoms with Gasteiger partial charge in [0.1, 0.15) is 11.5 Å². The zero-order valence-electron chi connectivity index (χ0n) is 13.1. The molecule has 0 saturated heterocycles. The van der Waals surface area contributed by atoms with Crippen LogP contribution < -0.4 is 10.1 Å². The van der Waals surface area contributed by atoms with Gasteiger partial charge in [-0.05, 0) is 43.1 Å². The van der Waals surface area contributed by atoms with Gasteiger partial charge in [0.2, 0.25) is 0 Å². The summed E-state index contributed by atoms with van der Waals surface area (Å²) in [5, 5.41) is 3.43. The summed E-state index contributed by atoms with van der Waals surface area (Å²) < 4.78 is 5.95. The molecule has 0 spiro atoms. The first kappa shape index (κ1) is 15.5. The number of benzene rings is 1. The molecule has 0 aliphatic carbocycles. The van der Waals surface area contributed by atoms with Gasteiger partial charge in [0.05, 0.1) is 11.9 Å². The highest BCUT2D eigenvalue weighted by molar-refractivity contribution is 5.37. The summed E-state index contributed by atoms with van der Waals surface area (Å²) in [7, 11) is 0. The van der Waals surface area contributed by atoms with Crippen LogP contribution in [0.15, 0.2) is 42.6 Å². The van der Waals surface area contributed by atoms with E-state index in [1.807, 2.05) is 36.5 Å². The Morgan fingerprint density at radius 1 is 1.10 bits per heavy atom. The molecular formula is C18H24N2O. The summed E-state index contributed by atoms with van der Waals surface area (Å²) in [5.74, 6) is 1.69. The lowest BCUT2D eigenvalue weighted by atomic mass is 10.1. The van der Waals surface area contributed by atoms with Gasteiger partial charge in [0.15, 0.2) is 0 Å². The first-order valence-electron chi connectivity index (χ1n) is 7.73. The number of nitrogens with zero attached hydrogens (tertiary/aromatic N) is 1. The van der Waals surface area contributed by atoms with Crippen LogP contribution in [-0.2, 0) is 6.42 Å². The van der Waals surface area contributed by atoms with E-state index < -0.39 is 0 Å². The Labute approximate surface area is 127 Å². The van der Waals surface area contributed by atoms with E-state index in [4.69, 9.17) is 4.74 Å². The van der Waals surface area contributed by atoms with E-state index in [0.717, 1.165) is 36.6 Å². The molecule has 1 heterocycles. The van der Waals surface area contributed by atoms with E-state index in [1.54, 1.807) is 0 Å². The fourth-order valence-electron chi connectivity index (χ4n) is 2.39. The lowest BCUT2D eigenvalue weighted by Gasteiger charge is -2.15. The molecule has 1 aromatic carbocycles. The normalized spacial score (nSPS) is 12.1. The number of hydrogen-bond acceptors (Lipinski definition) is 3. The summed E-state index contributed by atoms with van der Waals surface area (Å²) >= 11 is 0. The third kappa shape index (κ3) is 4.05. The topological polar surface area (TPSA) is 34.1 Å². The standard InChI is InChI=1S/C18H24N2O/c1-4-14-9-7-8-10-18(14)21-15-11-12-17(20-13-15)16(5-2)19-6-3/h7-13,16,19H,4-6H2,1-3H3. The van der Waals surface area contributed by atoms with Crippen LogP contribution in [0.4, 0.5) is 0 Å². The zero-order chi connectivity index (χ0) is 15.1. The Balaban J connectivity index is 2.12. The predicted octanol–water partition coefficient (Wildman–Crippen LogP) is 4.50. The van der Waals surface area contributed by atoms with Crippen LogP contribution in [0.5, 0.6) is 11.5 Å². The second kappa shape index (κ2) is 7.79. The number of hydrogen-bond donors (Lipinski definition) is 1. The Morgan fingerprint density at radius 2 is 1.90 bits per heavy atom. The van der Waals surface area contributed by atoms with Gasteiger partial charge in [-0.2, -0.15) is 0 Å². The SMILES string of the molecule is CCNC(CC)c1ccc(Oc2ccccc2CC)cn1. The first-order chi connectivity index (χ1) is 10.3. The molecule has 1 unspecified atom stereocenters. The fraction of sp³-hybridized carbons (Fsp3) is 0.389. The van der Waals surface area contributed by atoms with E-state index in [1.165, 1.54) is 5.56 Å². The molecule has 1 N–H and O–H groups in total. The van der Waals surface area contributed by atoms with E-state index in [9.17, 15) is 0 Å². The molecule has 0 aliphatic heterocycles. The van der Waals surface area contributed by atoms with Crippen molar-refractivity contribution in [1.82, 2.24) is 10.3 Å². The van der Waals surface area contributed by atoms with Crippen molar-refractivity contribution >= 4 is 0 Å². The van der Waals surface area contributed by atoms with Gasteiger partial charge < -0.3 is 10.1 Å². The maximum atomic E-state index is 5.95. The second-order valence-electron chi connectivity index (χ2n) is 5.00. The molecule has 0 bridgehead atoms. The molecule has 0 saturated carbocycles. The van der Waals surface area contributed by atoms with Crippen molar-refractivity contribution in [2.45, 2.75) is 39.7 Å². The van der Waals surface area contributed by atoms with Gasteiger partial charge >= 0.3 is 0 Å². The molecule has 2 rings (SSSR count). The van der Waals surface area contributed by atoms with Gasteiger partial charge in [-0.3, -0.25) is 4.98 Å². The quantitative estimate of drug-likeness (QED) is 0.813. The number of para-hydroxylation sites is 1. The number of rotatable bonds is 7. The number of ether oxygens (including phenoxy) is 1. The van der Waals surface area contributed by atoms with Crippen LogP contribution in [0.25, 0.3) is 0 Å². The number of aryl methyl sites for hydroxylation is 1. The van der Waals surface area contributed by atoms with Crippen molar-refractivity contribution in [2.75, 3.05) is 6.54 Å². The van der Waals surface area contributed by atoms with E-state index in [0.29, 0.717) is 6.04 Å². The summed E-state index contributed by atoms with van der Waals surface area (Å²) in [6.07, 6.45) is 3.79. The predicted molar refractivity (Wildman–Crippen MR) is 86.8 cm³/mol. The highest BCUT2D eigenvalue weighted by Crippen LogP contribution is 2.26.